The van der Waals surface area contributed by atoms with Crippen molar-refractivity contribution in [3.8, 4) is 0 Å². The summed E-state index contributed by atoms with van der Waals surface area (Å²) in [6.07, 6.45) is 5.95. The van der Waals surface area contributed by atoms with E-state index in [9.17, 15) is 4.79 Å². The van der Waals surface area contributed by atoms with E-state index in [1.165, 1.54) is 5.56 Å². The van der Waals surface area contributed by atoms with Crippen LogP contribution in [0.4, 0.5) is 0 Å². The smallest absolute Gasteiger partial charge is 0.227 e. The first-order valence-corrected chi connectivity index (χ1v) is 11.2. The number of amides is 1. The van der Waals surface area contributed by atoms with E-state index in [2.05, 4.69) is 45.1 Å². The molecule has 5 heteroatoms. The van der Waals surface area contributed by atoms with Gasteiger partial charge in [-0.15, -0.1) is 0 Å². The van der Waals surface area contributed by atoms with E-state index in [1.807, 2.05) is 30.3 Å². The van der Waals surface area contributed by atoms with E-state index < -0.39 is 0 Å². The Morgan fingerprint density at radius 3 is 2.32 bits per heavy atom. The highest BCUT2D eigenvalue weighted by atomic mass is 16.3. The van der Waals surface area contributed by atoms with Gasteiger partial charge >= 0.3 is 0 Å². The van der Waals surface area contributed by atoms with Gasteiger partial charge in [0.2, 0.25) is 5.91 Å². The van der Waals surface area contributed by atoms with Gasteiger partial charge in [-0.1, -0.05) is 60.7 Å². The molecule has 0 aliphatic carbocycles. The van der Waals surface area contributed by atoms with E-state index >= 15 is 0 Å². The van der Waals surface area contributed by atoms with Gasteiger partial charge in [-0.3, -0.25) is 9.69 Å². The lowest BCUT2D eigenvalue weighted by Crippen LogP contribution is -2.44. The first-order chi connectivity index (χ1) is 15.2. The van der Waals surface area contributed by atoms with Crippen molar-refractivity contribution in [2.75, 3.05) is 26.2 Å². The van der Waals surface area contributed by atoms with Gasteiger partial charge in [-0.05, 0) is 37.1 Å². The van der Waals surface area contributed by atoms with Gasteiger partial charge in [0.1, 0.15) is 6.26 Å². The Morgan fingerprint density at radius 2 is 1.68 bits per heavy atom. The van der Waals surface area contributed by atoms with Gasteiger partial charge in [-0.25, -0.2) is 4.98 Å². The summed E-state index contributed by atoms with van der Waals surface area (Å²) in [5.74, 6) is 1.15. The van der Waals surface area contributed by atoms with Crippen molar-refractivity contribution in [2.45, 2.75) is 31.7 Å². The molecule has 0 radical (unpaired) electrons. The van der Waals surface area contributed by atoms with Crippen LogP contribution >= 0.6 is 0 Å². The third-order valence-corrected chi connectivity index (χ3v) is 7.05. The van der Waals surface area contributed by atoms with Crippen molar-refractivity contribution >= 4 is 5.91 Å². The zero-order valence-electron chi connectivity index (χ0n) is 17.8. The molecule has 2 aliphatic rings. The van der Waals surface area contributed by atoms with Crippen molar-refractivity contribution in [3.05, 3.63) is 90.1 Å². The van der Waals surface area contributed by atoms with Crippen LogP contribution in [-0.2, 0) is 17.8 Å². The molecule has 0 saturated carbocycles. The molecule has 3 heterocycles. The average molecular weight is 416 g/mol. The molecule has 1 aromatic heterocycles. The number of likely N-dealkylation sites (tertiary alicyclic amines) is 2. The van der Waals surface area contributed by atoms with Crippen LogP contribution < -0.4 is 0 Å². The molecule has 0 bridgehead atoms. The summed E-state index contributed by atoms with van der Waals surface area (Å²) in [5.41, 5.74) is 2.47. The number of carbonyl (C=O) groups excluding carboxylic acids is 1. The molecule has 3 aromatic rings. The number of aromatic nitrogens is 1. The number of nitrogens with zero attached hydrogens (tertiary/aromatic N) is 3. The molecule has 2 aliphatic heterocycles. The number of hydrogen-bond donors (Lipinski definition) is 0. The van der Waals surface area contributed by atoms with Crippen LogP contribution in [0.2, 0.25) is 0 Å². The molecule has 160 valence electrons. The Kier molecular flexibility index (Phi) is 5.60. The fourth-order valence-corrected chi connectivity index (χ4v) is 5.29. The van der Waals surface area contributed by atoms with E-state index in [0.717, 1.165) is 50.5 Å². The lowest BCUT2D eigenvalue weighted by Gasteiger charge is -2.41. The van der Waals surface area contributed by atoms with Crippen molar-refractivity contribution in [2.24, 2.45) is 5.41 Å². The van der Waals surface area contributed by atoms with Crippen LogP contribution in [0.15, 0.2) is 77.5 Å². The Hall–Kier alpha value is -2.92. The second kappa shape index (κ2) is 8.67. The monoisotopic (exact) mass is 415 g/mol. The number of rotatable bonds is 5. The summed E-state index contributed by atoms with van der Waals surface area (Å²) >= 11 is 0. The normalized spacial score (nSPS) is 20.9. The molecule has 0 N–H and O–H groups in total. The molecular weight excluding hydrogens is 386 g/mol. The van der Waals surface area contributed by atoms with Crippen molar-refractivity contribution < 1.29 is 9.21 Å². The number of piperidine rings is 1. The van der Waals surface area contributed by atoms with Crippen LogP contribution in [0.25, 0.3) is 0 Å². The zero-order valence-corrected chi connectivity index (χ0v) is 17.8. The van der Waals surface area contributed by atoms with Crippen molar-refractivity contribution in [3.63, 3.8) is 0 Å². The number of benzene rings is 2. The molecule has 1 atom stereocenters. The minimum absolute atomic E-state index is 0.0460. The lowest BCUT2D eigenvalue weighted by molar-refractivity contribution is -0.130. The third kappa shape index (κ3) is 4.28. The van der Waals surface area contributed by atoms with Gasteiger partial charge in [0.25, 0.3) is 0 Å². The largest absolute Gasteiger partial charge is 0.449 e. The van der Waals surface area contributed by atoms with Crippen LogP contribution in [0.5, 0.6) is 0 Å². The van der Waals surface area contributed by atoms with Gasteiger partial charge < -0.3 is 9.32 Å². The second-order valence-electron chi connectivity index (χ2n) is 8.98. The zero-order chi connectivity index (χ0) is 21.1. The minimum Gasteiger partial charge on any atom is -0.449 e. The van der Waals surface area contributed by atoms with Crippen molar-refractivity contribution in [1.82, 2.24) is 14.8 Å². The molecule has 5 nitrogen and oxygen atoms in total. The quantitative estimate of drug-likeness (QED) is 0.629. The summed E-state index contributed by atoms with van der Waals surface area (Å²) in [4.78, 5) is 22.2. The second-order valence-corrected chi connectivity index (χ2v) is 8.98. The molecular formula is C26H29N3O2. The summed E-state index contributed by atoms with van der Waals surface area (Å²) in [6.45, 7) is 4.55. The molecule has 2 fully saturated rings. The van der Waals surface area contributed by atoms with E-state index in [4.69, 9.17) is 4.42 Å². The van der Waals surface area contributed by atoms with E-state index in [-0.39, 0.29) is 17.2 Å². The van der Waals surface area contributed by atoms with Crippen LogP contribution in [0.3, 0.4) is 0 Å². The number of oxazole rings is 1. The first kappa shape index (κ1) is 20.0. The predicted molar refractivity (Wildman–Crippen MR) is 119 cm³/mol. The first-order valence-electron chi connectivity index (χ1n) is 11.2. The number of hydrogen-bond acceptors (Lipinski definition) is 4. The SMILES string of the molecule is O=C(Cc1ccccc1)N1CC(c2ncco2)C2(CCN(Cc3ccccc3)CC2)C1. The highest BCUT2D eigenvalue weighted by molar-refractivity contribution is 5.79. The lowest BCUT2D eigenvalue weighted by atomic mass is 9.70. The predicted octanol–water partition coefficient (Wildman–Crippen LogP) is 4.13. The van der Waals surface area contributed by atoms with Crippen LogP contribution in [0.1, 0.15) is 35.8 Å². The Labute approximate surface area is 183 Å². The molecule has 31 heavy (non-hydrogen) atoms. The van der Waals surface area contributed by atoms with Gasteiger partial charge in [0.05, 0.1) is 18.5 Å². The summed E-state index contributed by atoms with van der Waals surface area (Å²) < 4.78 is 5.75. The highest BCUT2D eigenvalue weighted by Crippen LogP contribution is 2.49. The molecule has 1 unspecified atom stereocenters. The van der Waals surface area contributed by atoms with Crippen molar-refractivity contribution in [1.29, 1.82) is 0 Å². The third-order valence-electron chi connectivity index (χ3n) is 7.05. The van der Waals surface area contributed by atoms with Gasteiger partial charge in [0, 0.05) is 25.0 Å². The molecule has 1 spiro atoms. The maximum absolute atomic E-state index is 13.1. The average Bonchev–Trinajstić information content (AvgIpc) is 3.45. The van der Waals surface area contributed by atoms with Gasteiger partial charge in [0.15, 0.2) is 5.89 Å². The summed E-state index contributed by atoms with van der Waals surface area (Å²) in [7, 11) is 0. The topological polar surface area (TPSA) is 49.6 Å². The fourth-order valence-electron chi connectivity index (χ4n) is 5.29. The molecule has 2 aromatic carbocycles. The Bertz CT molecular complexity index is 980. The summed E-state index contributed by atoms with van der Waals surface area (Å²) in [5, 5.41) is 0. The van der Waals surface area contributed by atoms with Crippen LogP contribution in [0, 0.1) is 5.41 Å². The summed E-state index contributed by atoms with van der Waals surface area (Å²) in [6, 6.07) is 20.7. The van der Waals surface area contributed by atoms with Gasteiger partial charge in [-0.2, -0.15) is 0 Å². The highest BCUT2D eigenvalue weighted by Gasteiger charge is 2.51. The molecule has 5 rings (SSSR count). The fraction of sp³-hybridized carbons (Fsp3) is 0.385. The maximum atomic E-state index is 13.1. The van der Waals surface area contributed by atoms with E-state index in [1.54, 1.807) is 12.5 Å². The Morgan fingerprint density at radius 1 is 1.00 bits per heavy atom. The Balaban J connectivity index is 1.30. The minimum atomic E-state index is 0.0460. The maximum Gasteiger partial charge on any atom is 0.227 e. The van der Waals surface area contributed by atoms with Crippen LogP contribution in [-0.4, -0.2) is 46.9 Å². The number of carbonyl (C=O) groups is 1. The standard InChI is InChI=1S/C26H29N3O2/c30-24(17-21-7-3-1-4-8-21)29-19-23(25-27-13-16-31-25)26(20-29)11-14-28(15-12-26)18-22-9-5-2-6-10-22/h1-10,13,16,23H,11-12,14-15,17-20H2. The molecule has 2 saturated heterocycles. The van der Waals surface area contributed by atoms with E-state index in [0.29, 0.717) is 13.0 Å². The molecule has 1 amide bonds.